The Morgan fingerprint density at radius 3 is 2.11 bits per heavy atom. The lowest BCUT2D eigenvalue weighted by Crippen LogP contribution is -2.59. The number of carboxylic acid groups (broad SMARTS) is 1. The number of hydrogen-bond acceptors (Lipinski definition) is 4. The van der Waals surface area contributed by atoms with Crippen molar-refractivity contribution in [2.45, 2.75) is 44.4 Å². The molecule has 2 aliphatic heterocycles. The summed E-state index contributed by atoms with van der Waals surface area (Å²) in [5.74, 6) is -2.83. The van der Waals surface area contributed by atoms with E-state index in [9.17, 15) is 18.0 Å². The molecule has 1 amide bonds. The van der Waals surface area contributed by atoms with E-state index in [4.69, 9.17) is 9.90 Å². The molecule has 196 valence electrons. The van der Waals surface area contributed by atoms with Gasteiger partial charge in [0.05, 0.1) is 12.6 Å². The third-order valence-corrected chi connectivity index (χ3v) is 7.12. The lowest BCUT2D eigenvalue weighted by Gasteiger charge is -2.43. The van der Waals surface area contributed by atoms with Crippen LogP contribution in [-0.4, -0.2) is 69.0 Å². The summed E-state index contributed by atoms with van der Waals surface area (Å²) < 4.78 is 32.8. The van der Waals surface area contributed by atoms with E-state index in [1.807, 2.05) is 43.3 Å². The molecule has 0 bridgehead atoms. The Hall–Kier alpha value is -3.11. The number of alkyl halides is 3. The summed E-state index contributed by atoms with van der Waals surface area (Å²) in [5, 5.41) is 13.7. The molecule has 0 spiro atoms. The van der Waals surface area contributed by atoms with Crippen molar-refractivity contribution in [1.29, 1.82) is 0 Å². The van der Waals surface area contributed by atoms with E-state index >= 15 is 0 Å². The Balaban J connectivity index is 0.000000454. The number of nitrogens with zero attached hydrogens (tertiary/aromatic N) is 2. The van der Waals surface area contributed by atoms with Crippen molar-refractivity contribution in [3.05, 3.63) is 54.1 Å². The Morgan fingerprint density at radius 2 is 1.67 bits per heavy atom. The standard InChI is InChI=1S/C24H32N4O.C2HF3O2/c1-18-5-4-16-28(18,23-14-15-25-17-23)22-12-8-20(9-13-22)26-24(29)19-6-10-21(11-7-19)27(2)3;3-2(4,5)1(6)7/h6-13,18,23,25H,4-5,14-17H2,1-3H3;(H,6,7)/p+1. The molecule has 2 saturated heterocycles. The monoisotopic (exact) mass is 507 g/mol. The van der Waals surface area contributed by atoms with Crippen molar-refractivity contribution in [3.63, 3.8) is 0 Å². The molecule has 2 aromatic carbocycles. The number of carbonyl (C=O) groups is 2. The minimum Gasteiger partial charge on any atom is -0.475 e. The molecule has 0 aliphatic carbocycles. The van der Waals surface area contributed by atoms with E-state index < -0.39 is 12.1 Å². The highest BCUT2D eigenvalue weighted by molar-refractivity contribution is 6.04. The van der Waals surface area contributed by atoms with Crippen molar-refractivity contribution >= 4 is 28.9 Å². The first-order chi connectivity index (χ1) is 16.9. The van der Waals surface area contributed by atoms with Gasteiger partial charge in [-0.2, -0.15) is 13.2 Å². The number of benzene rings is 2. The van der Waals surface area contributed by atoms with Gasteiger partial charge in [-0.25, -0.2) is 4.79 Å². The van der Waals surface area contributed by atoms with Gasteiger partial charge in [-0.1, -0.05) is 0 Å². The Bertz CT molecular complexity index is 1040. The number of carboxylic acids is 1. The lowest BCUT2D eigenvalue weighted by molar-refractivity contribution is -0.192. The molecule has 0 aromatic heterocycles. The molecule has 10 heteroatoms. The van der Waals surface area contributed by atoms with Crippen LogP contribution in [0.3, 0.4) is 0 Å². The van der Waals surface area contributed by atoms with Crippen molar-refractivity contribution in [3.8, 4) is 0 Å². The number of rotatable bonds is 5. The maximum atomic E-state index is 12.6. The predicted octanol–water partition coefficient (Wildman–Crippen LogP) is 4.49. The highest BCUT2D eigenvalue weighted by Gasteiger charge is 2.47. The Kier molecular flexibility index (Phi) is 8.63. The lowest BCUT2D eigenvalue weighted by atomic mass is 10.1. The van der Waals surface area contributed by atoms with Gasteiger partial charge in [-0.05, 0) is 43.3 Å². The summed E-state index contributed by atoms with van der Waals surface area (Å²) >= 11 is 0. The summed E-state index contributed by atoms with van der Waals surface area (Å²) in [6, 6.07) is 17.6. The van der Waals surface area contributed by atoms with E-state index in [1.54, 1.807) is 0 Å². The normalized spacial score (nSPS) is 23.5. The van der Waals surface area contributed by atoms with E-state index in [1.165, 1.54) is 31.5 Å². The van der Waals surface area contributed by atoms with Crippen LogP contribution in [0.4, 0.5) is 30.2 Å². The molecule has 2 fully saturated rings. The van der Waals surface area contributed by atoms with Crippen LogP contribution >= 0.6 is 0 Å². The highest BCUT2D eigenvalue weighted by Crippen LogP contribution is 2.39. The summed E-state index contributed by atoms with van der Waals surface area (Å²) in [4.78, 5) is 23.5. The minimum atomic E-state index is -5.08. The molecule has 0 radical (unpaired) electrons. The Labute approximate surface area is 209 Å². The van der Waals surface area contributed by atoms with Crippen molar-refractivity contribution in [2.24, 2.45) is 0 Å². The summed E-state index contributed by atoms with van der Waals surface area (Å²) in [6.45, 7) is 5.85. The second kappa shape index (κ2) is 11.3. The zero-order valence-corrected chi connectivity index (χ0v) is 20.8. The third kappa shape index (κ3) is 6.17. The quantitative estimate of drug-likeness (QED) is 0.520. The van der Waals surface area contributed by atoms with E-state index in [0.717, 1.165) is 28.9 Å². The maximum Gasteiger partial charge on any atom is 0.490 e. The number of hydrogen-bond donors (Lipinski definition) is 3. The van der Waals surface area contributed by atoms with Gasteiger partial charge in [-0.3, -0.25) is 9.28 Å². The van der Waals surface area contributed by atoms with Gasteiger partial charge in [-0.15, -0.1) is 0 Å². The topological polar surface area (TPSA) is 81.7 Å². The smallest absolute Gasteiger partial charge is 0.475 e. The summed E-state index contributed by atoms with van der Waals surface area (Å²) in [6.07, 6.45) is -1.26. The van der Waals surface area contributed by atoms with E-state index in [-0.39, 0.29) is 5.91 Å². The molecular formula is C26H34F3N4O3+. The fourth-order valence-electron chi connectivity index (χ4n) is 5.21. The number of quaternary nitrogens is 1. The SMILES string of the molecule is CC1CCC[N+]1(c1ccc(NC(=O)c2ccc(N(C)C)cc2)cc1)C1CCNC1.O=C(O)C(F)(F)F. The first-order valence-electron chi connectivity index (χ1n) is 12.0. The number of nitrogens with one attached hydrogen (secondary N) is 2. The molecule has 7 nitrogen and oxygen atoms in total. The predicted molar refractivity (Wildman–Crippen MR) is 135 cm³/mol. The van der Waals surface area contributed by atoms with Gasteiger partial charge in [0.2, 0.25) is 0 Å². The zero-order valence-electron chi connectivity index (χ0n) is 20.8. The van der Waals surface area contributed by atoms with Crippen LogP contribution in [0, 0.1) is 0 Å². The van der Waals surface area contributed by atoms with Gasteiger partial charge in [0, 0.05) is 75.5 Å². The molecule has 3 atom stereocenters. The first-order valence-corrected chi connectivity index (χ1v) is 12.0. The number of amides is 1. The highest BCUT2D eigenvalue weighted by atomic mass is 19.4. The van der Waals surface area contributed by atoms with Gasteiger partial charge in [0.1, 0.15) is 11.7 Å². The number of aliphatic carboxylic acids is 1. The van der Waals surface area contributed by atoms with Crippen LogP contribution in [-0.2, 0) is 4.79 Å². The largest absolute Gasteiger partial charge is 0.490 e. The third-order valence-electron chi connectivity index (χ3n) is 7.12. The van der Waals surface area contributed by atoms with Gasteiger partial charge in [0.15, 0.2) is 0 Å². The van der Waals surface area contributed by atoms with Crippen LogP contribution in [0.5, 0.6) is 0 Å². The first kappa shape index (κ1) is 27.5. The molecule has 36 heavy (non-hydrogen) atoms. The molecular weight excluding hydrogens is 473 g/mol. The number of anilines is 2. The molecule has 2 aromatic rings. The molecule has 4 rings (SSSR count). The van der Waals surface area contributed by atoms with Crippen molar-refractivity contribution < 1.29 is 27.9 Å². The van der Waals surface area contributed by atoms with Crippen molar-refractivity contribution in [2.75, 3.05) is 43.9 Å². The molecule has 3 N–H and O–H groups in total. The average Bonchev–Trinajstić information content (AvgIpc) is 3.50. The van der Waals surface area contributed by atoms with Gasteiger partial charge in [0.25, 0.3) is 5.91 Å². The van der Waals surface area contributed by atoms with Crippen LogP contribution in [0.15, 0.2) is 48.5 Å². The Morgan fingerprint density at radius 1 is 1.06 bits per heavy atom. The number of halogens is 3. The van der Waals surface area contributed by atoms with Crippen molar-refractivity contribution in [1.82, 2.24) is 9.80 Å². The molecule has 2 aliphatic rings. The van der Waals surface area contributed by atoms with Crippen LogP contribution in [0.25, 0.3) is 0 Å². The second-order valence-corrected chi connectivity index (χ2v) is 9.54. The fraction of sp³-hybridized carbons (Fsp3) is 0.462. The van der Waals surface area contributed by atoms with Crippen LogP contribution < -0.4 is 20.0 Å². The number of likely N-dealkylation sites (tertiary alicyclic amines) is 1. The van der Waals surface area contributed by atoms with E-state index in [2.05, 4.69) is 41.8 Å². The molecule has 2 heterocycles. The van der Waals surface area contributed by atoms with Gasteiger partial charge >= 0.3 is 12.1 Å². The summed E-state index contributed by atoms with van der Waals surface area (Å²) in [7, 11) is 3.99. The second-order valence-electron chi connectivity index (χ2n) is 9.54. The maximum absolute atomic E-state index is 12.6. The van der Waals surface area contributed by atoms with Crippen LogP contribution in [0.2, 0.25) is 0 Å². The van der Waals surface area contributed by atoms with E-state index in [0.29, 0.717) is 17.6 Å². The number of carbonyl (C=O) groups excluding carboxylic acids is 1. The zero-order chi connectivity index (χ0) is 26.5. The van der Waals surface area contributed by atoms with Gasteiger partial charge < -0.3 is 20.6 Å². The molecule has 0 saturated carbocycles. The average molecular weight is 508 g/mol. The van der Waals surface area contributed by atoms with Crippen LogP contribution in [0.1, 0.15) is 36.5 Å². The fourth-order valence-corrected chi connectivity index (χ4v) is 5.21. The molecule has 3 unspecified atom stereocenters. The summed E-state index contributed by atoms with van der Waals surface area (Å²) in [5.41, 5.74) is 4.00. The minimum absolute atomic E-state index is 0.0681.